The lowest BCUT2D eigenvalue weighted by Gasteiger charge is -2.34. The van der Waals surface area contributed by atoms with Crippen LogP contribution in [-0.2, 0) is 11.3 Å². The monoisotopic (exact) mass is 445 g/mol. The number of halogens is 1. The molecular weight excluding hydrogens is 420 g/mol. The summed E-state index contributed by atoms with van der Waals surface area (Å²) in [6.45, 7) is 1.42. The predicted octanol–water partition coefficient (Wildman–Crippen LogP) is 4.10. The van der Waals surface area contributed by atoms with E-state index in [-0.39, 0.29) is 5.92 Å². The van der Waals surface area contributed by atoms with Crippen molar-refractivity contribution in [3.05, 3.63) is 59.1 Å². The number of nitrogens with one attached hydrogen (secondary N) is 1. The molecule has 0 atom stereocenters. The quantitative estimate of drug-likeness (QED) is 0.647. The first-order chi connectivity index (χ1) is 14.4. The van der Waals surface area contributed by atoms with E-state index >= 15 is 0 Å². The molecular formula is C23H26ClN2O3S-. The third kappa shape index (κ3) is 6.34. The fourth-order valence-corrected chi connectivity index (χ4v) is 4.18. The van der Waals surface area contributed by atoms with Gasteiger partial charge in [-0.3, -0.25) is 0 Å². The van der Waals surface area contributed by atoms with Gasteiger partial charge in [-0.05, 0) is 91.7 Å². The number of carbonyl (C=O) groups excluding carboxylic acids is 1. The van der Waals surface area contributed by atoms with Gasteiger partial charge in [-0.2, -0.15) is 0 Å². The van der Waals surface area contributed by atoms with Crippen LogP contribution in [-0.4, -0.2) is 29.6 Å². The van der Waals surface area contributed by atoms with Gasteiger partial charge in [-0.25, -0.2) is 0 Å². The highest BCUT2D eigenvalue weighted by atomic mass is 35.5. The average Bonchev–Trinajstić information content (AvgIpc) is 2.75. The summed E-state index contributed by atoms with van der Waals surface area (Å²) >= 11 is 11.8. The van der Waals surface area contributed by atoms with Gasteiger partial charge in [0.2, 0.25) is 0 Å². The molecule has 1 N–H and O–H groups in total. The molecule has 0 unspecified atom stereocenters. The highest BCUT2D eigenvalue weighted by molar-refractivity contribution is 7.80. The number of rotatable bonds is 7. The number of benzene rings is 2. The van der Waals surface area contributed by atoms with Crippen LogP contribution in [0.1, 0.15) is 31.2 Å². The van der Waals surface area contributed by atoms with Crippen LogP contribution in [0.5, 0.6) is 5.75 Å². The molecule has 1 aliphatic rings. The van der Waals surface area contributed by atoms with Gasteiger partial charge in [-0.1, -0.05) is 23.7 Å². The van der Waals surface area contributed by atoms with Crippen molar-refractivity contribution in [1.82, 2.24) is 4.90 Å². The second-order valence-corrected chi connectivity index (χ2v) is 8.53. The molecule has 0 aromatic heterocycles. The Balaban J connectivity index is 1.68. The summed E-state index contributed by atoms with van der Waals surface area (Å²) in [5, 5.41) is 15.8. The van der Waals surface area contributed by atoms with Gasteiger partial charge in [0.15, 0.2) is 5.11 Å². The van der Waals surface area contributed by atoms with E-state index in [1.807, 2.05) is 48.5 Å². The molecule has 0 spiro atoms. The van der Waals surface area contributed by atoms with Crippen molar-refractivity contribution in [3.63, 3.8) is 0 Å². The number of aliphatic carboxylic acids is 1. The minimum Gasteiger partial charge on any atom is -0.550 e. The Morgan fingerprint density at radius 3 is 2.33 bits per heavy atom. The summed E-state index contributed by atoms with van der Waals surface area (Å²) < 4.78 is 5.21. The van der Waals surface area contributed by atoms with Crippen molar-refractivity contribution in [2.45, 2.75) is 32.2 Å². The van der Waals surface area contributed by atoms with E-state index in [1.165, 1.54) is 0 Å². The summed E-state index contributed by atoms with van der Waals surface area (Å²) in [5.41, 5.74) is 2.00. The van der Waals surface area contributed by atoms with Crippen molar-refractivity contribution in [2.24, 2.45) is 11.8 Å². The molecule has 0 bridgehead atoms. The van der Waals surface area contributed by atoms with Crippen molar-refractivity contribution < 1.29 is 14.6 Å². The fraction of sp³-hybridized carbons (Fsp3) is 0.391. The Labute approximate surface area is 188 Å². The van der Waals surface area contributed by atoms with Crippen LogP contribution in [0, 0.1) is 11.8 Å². The Morgan fingerprint density at radius 2 is 1.77 bits per heavy atom. The number of hydrogen-bond acceptors (Lipinski definition) is 4. The first-order valence-electron chi connectivity index (χ1n) is 10.1. The molecule has 0 radical (unpaired) electrons. The Bertz CT molecular complexity index is 850. The number of carboxylic acid groups (broad SMARTS) is 1. The van der Waals surface area contributed by atoms with Gasteiger partial charge in [0.25, 0.3) is 0 Å². The summed E-state index contributed by atoms with van der Waals surface area (Å²) in [4.78, 5) is 13.3. The number of thiocarbonyl (C=S) groups is 1. The van der Waals surface area contributed by atoms with E-state index in [4.69, 9.17) is 28.6 Å². The molecule has 1 fully saturated rings. The highest BCUT2D eigenvalue weighted by Crippen LogP contribution is 2.30. The van der Waals surface area contributed by atoms with Crippen LogP contribution in [0.2, 0.25) is 5.02 Å². The second kappa shape index (κ2) is 10.6. The van der Waals surface area contributed by atoms with Crippen molar-refractivity contribution >= 4 is 40.6 Å². The van der Waals surface area contributed by atoms with Crippen molar-refractivity contribution in [3.8, 4) is 5.75 Å². The number of nitrogens with zero attached hydrogens (tertiary/aromatic N) is 1. The minimum absolute atomic E-state index is 0.324. The molecule has 160 valence electrons. The number of carbonyl (C=O) groups is 1. The average molecular weight is 446 g/mol. The van der Waals surface area contributed by atoms with Gasteiger partial charge in [0, 0.05) is 29.8 Å². The first-order valence-corrected chi connectivity index (χ1v) is 10.9. The number of hydrogen-bond donors (Lipinski definition) is 1. The van der Waals surface area contributed by atoms with Crippen molar-refractivity contribution in [2.75, 3.05) is 19.0 Å². The van der Waals surface area contributed by atoms with E-state index in [1.54, 1.807) is 7.11 Å². The summed E-state index contributed by atoms with van der Waals surface area (Å²) in [6.07, 6.45) is 3.06. The third-order valence-electron chi connectivity index (χ3n) is 5.57. The number of carboxylic acids is 1. The number of anilines is 1. The summed E-state index contributed by atoms with van der Waals surface area (Å²) in [7, 11) is 1.63. The van der Waals surface area contributed by atoms with Crippen LogP contribution in [0.25, 0.3) is 0 Å². The SMILES string of the molecule is COc1ccc(NC(=S)N(Cc2ccc(Cl)cc2)CC2CCC(C(=O)[O-])CC2)cc1. The van der Waals surface area contributed by atoms with Crippen LogP contribution >= 0.6 is 23.8 Å². The van der Waals surface area contributed by atoms with Crippen LogP contribution in [0.3, 0.4) is 0 Å². The smallest absolute Gasteiger partial charge is 0.173 e. The summed E-state index contributed by atoms with van der Waals surface area (Å²) in [5.74, 6) is -0.0730. The molecule has 0 aliphatic heterocycles. The first kappa shape index (κ1) is 22.4. The third-order valence-corrected chi connectivity index (χ3v) is 6.19. The maximum atomic E-state index is 11.1. The Hall–Kier alpha value is -2.31. The zero-order chi connectivity index (χ0) is 21.5. The Morgan fingerprint density at radius 1 is 1.13 bits per heavy atom. The van der Waals surface area contributed by atoms with Crippen LogP contribution in [0.15, 0.2) is 48.5 Å². The lowest BCUT2D eigenvalue weighted by atomic mass is 9.82. The zero-order valence-electron chi connectivity index (χ0n) is 17.0. The van der Waals surface area contributed by atoms with E-state index in [0.717, 1.165) is 36.4 Å². The molecule has 7 heteroatoms. The standard InChI is InChI=1S/C23H27ClN2O3S/c1-29-21-12-10-20(11-13-21)25-23(30)26(15-17-4-8-19(24)9-5-17)14-16-2-6-18(7-3-16)22(27)28/h4-5,8-13,16,18H,2-3,6-7,14-15H2,1H3,(H,25,30)(H,27,28)/p-1. The lowest BCUT2D eigenvalue weighted by Crippen LogP contribution is -2.40. The maximum absolute atomic E-state index is 11.1. The van der Waals surface area contributed by atoms with E-state index in [0.29, 0.717) is 35.4 Å². The molecule has 0 heterocycles. The molecule has 0 amide bonds. The molecule has 5 nitrogen and oxygen atoms in total. The van der Waals surface area contributed by atoms with Gasteiger partial charge in [0.05, 0.1) is 7.11 Å². The largest absolute Gasteiger partial charge is 0.550 e. The molecule has 0 saturated heterocycles. The normalized spacial score (nSPS) is 18.5. The number of methoxy groups -OCH3 is 1. The van der Waals surface area contributed by atoms with Crippen LogP contribution < -0.4 is 15.2 Å². The Kier molecular flexibility index (Phi) is 7.94. The van der Waals surface area contributed by atoms with Gasteiger partial charge >= 0.3 is 0 Å². The van der Waals surface area contributed by atoms with Gasteiger partial charge in [-0.15, -0.1) is 0 Å². The summed E-state index contributed by atoms with van der Waals surface area (Å²) in [6, 6.07) is 15.4. The fourth-order valence-electron chi connectivity index (χ4n) is 3.80. The van der Waals surface area contributed by atoms with E-state index < -0.39 is 5.97 Å². The van der Waals surface area contributed by atoms with Crippen molar-refractivity contribution in [1.29, 1.82) is 0 Å². The molecule has 3 rings (SSSR count). The number of ether oxygens (including phenoxy) is 1. The molecule has 30 heavy (non-hydrogen) atoms. The molecule has 2 aromatic rings. The molecule has 1 saturated carbocycles. The highest BCUT2D eigenvalue weighted by Gasteiger charge is 2.24. The second-order valence-electron chi connectivity index (χ2n) is 7.70. The van der Waals surface area contributed by atoms with E-state index in [9.17, 15) is 9.90 Å². The predicted molar refractivity (Wildman–Crippen MR) is 122 cm³/mol. The van der Waals surface area contributed by atoms with Gasteiger partial charge < -0.3 is 24.9 Å². The van der Waals surface area contributed by atoms with Gasteiger partial charge in [0.1, 0.15) is 5.75 Å². The molecule has 1 aliphatic carbocycles. The van der Waals surface area contributed by atoms with E-state index in [2.05, 4.69) is 10.2 Å². The topological polar surface area (TPSA) is 64.6 Å². The zero-order valence-corrected chi connectivity index (χ0v) is 18.5. The minimum atomic E-state index is -0.928. The maximum Gasteiger partial charge on any atom is 0.173 e. The molecule has 2 aromatic carbocycles. The lowest BCUT2D eigenvalue weighted by molar-refractivity contribution is -0.312. The van der Waals surface area contributed by atoms with Crippen LogP contribution in [0.4, 0.5) is 5.69 Å².